The lowest BCUT2D eigenvalue weighted by atomic mass is 9.52. The van der Waals surface area contributed by atoms with Gasteiger partial charge in [-0.15, -0.1) is 0 Å². The third-order valence-corrected chi connectivity index (χ3v) is 9.70. The number of Topliss-reactive ketones (excluding diaryl/α,β-unsaturated/α-hetero) is 1. The quantitative estimate of drug-likeness (QED) is 0.303. The van der Waals surface area contributed by atoms with Crippen LogP contribution in [0.2, 0.25) is 0 Å². The van der Waals surface area contributed by atoms with Gasteiger partial charge in [0.15, 0.2) is 17.3 Å². The number of aliphatic hydroxyl groups is 2. The molecule has 0 unspecified atom stereocenters. The third-order valence-electron chi connectivity index (χ3n) is 9.70. The Labute approximate surface area is 230 Å². The number of phenols is 2. The van der Waals surface area contributed by atoms with E-state index in [0.717, 1.165) is 6.42 Å². The molecule has 1 saturated carbocycles. The number of esters is 1. The maximum atomic E-state index is 14.2. The van der Waals surface area contributed by atoms with E-state index in [1.54, 1.807) is 34.6 Å². The molecule has 9 atom stereocenters. The molecular formula is C30H44O9. The van der Waals surface area contributed by atoms with Gasteiger partial charge in [0.2, 0.25) is 0 Å². The molecule has 1 saturated heterocycles. The van der Waals surface area contributed by atoms with E-state index in [9.17, 15) is 30.0 Å². The van der Waals surface area contributed by atoms with Crippen molar-refractivity contribution in [2.75, 3.05) is 0 Å². The van der Waals surface area contributed by atoms with Crippen LogP contribution in [0.5, 0.6) is 17.2 Å². The van der Waals surface area contributed by atoms with Gasteiger partial charge in [-0.3, -0.25) is 9.59 Å². The molecular weight excluding hydrogens is 504 g/mol. The summed E-state index contributed by atoms with van der Waals surface area (Å²) < 4.78 is 18.3. The highest BCUT2D eigenvalue weighted by atomic mass is 16.5. The Morgan fingerprint density at radius 3 is 2.46 bits per heavy atom. The molecule has 9 nitrogen and oxygen atoms in total. The van der Waals surface area contributed by atoms with Gasteiger partial charge in [-0.1, -0.05) is 34.1 Å². The van der Waals surface area contributed by atoms with Gasteiger partial charge in [0.25, 0.3) is 0 Å². The molecule has 218 valence electrons. The molecule has 1 aromatic rings. The first-order valence-electron chi connectivity index (χ1n) is 14.0. The minimum absolute atomic E-state index is 0.0262. The predicted octanol–water partition coefficient (Wildman–Crippen LogP) is 4.22. The van der Waals surface area contributed by atoms with Crippen LogP contribution in [-0.2, 0) is 14.3 Å². The molecule has 0 aromatic heterocycles. The van der Waals surface area contributed by atoms with E-state index in [2.05, 4.69) is 0 Å². The Balaban J connectivity index is 1.78. The van der Waals surface area contributed by atoms with Gasteiger partial charge in [0.05, 0.1) is 29.8 Å². The van der Waals surface area contributed by atoms with Crippen LogP contribution in [0.3, 0.4) is 0 Å². The molecule has 1 aromatic carbocycles. The van der Waals surface area contributed by atoms with Crippen molar-refractivity contribution in [1.29, 1.82) is 0 Å². The summed E-state index contributed by atoms with van der Waals surface area (Å²) in [5.41, 5.74) is -3.11. The molecule has 9 heteroatoms. The van der Waals surface area contributed by atoms with E-state index in [-0.39, 0.29) is 35.2 Å². The second kappa shape index (κ2) is 9.93. The summed E-state index contributed by atoms with van der Waals surface area (Å²) in [5.74, 6) is -2.95. The number of phenolic OH excluding ortho intramolecular Hbond substituents is 2. The van der Waals surface area contributed by atoms with Crippen molar-refractivity contribution in [2.24, 2.45) is 17.3 Å². The normalized spacial score (nSPS) is 34.6. The number of fused-ring (bicyclic) bond motifs is 4. The zero-order chi connectivity index (χ0) is 29.2. The van der Waals surface area contributed by atoms with Crippen LogP contribution in [0.1, 0.15) is 103 Å². The van der Waals surface area contributed by atoms with Gasteiger partial charge in [-0.2, -0.15) is 0 Å². The Bertz CT molecular complexity index is 1140. The highest BCUT2D eigenvalue weighted by Crippen LogP contribution is 2.61. The standard InChI is InChI=1S/C30H44O9/c1-9-14(2)25(37-16(4)31)15(3)17-12-18(32)22-24(35)27-29(7,39-26(22)23(17)34)11-10-20-30(27,8)19(33)13-21(38-20)28(5,6)36/h12,14-15,19-21,25,27,32-34,36H,9-11,13H2,1-8H3/t14-,15+,19+,20-,21-,25-,27+,29-,30+/m1/s1. The van der Waals surface area contributed by atoms with E-state index >= 15 is 0 Å². The van der Waals surface area contributed by atoms with Gasteiger partial charge in [-0.05, 0) is 45.6 Å². The average Bonchev–Trinajstić information content (AvgIpc) is 2.83. The number of ether oxygens (including phenoxy) is 3. The van der Waals surface area contributed by atoms with Gasteiger partial charge in [-0.25, -0.2) is 0 Å². The fraction of sp³-hybridized carbons (Fsp3) is 0.733. The second-order valence-electron chi connectivity index (χ2n) is 12.9. The first kappa shape index (κ1) is 29.6. The van der Waals surface area contributed by atoms with Crippen LogP contribution in [0.4, 0.5) is 0 Å². The van der Waals surface area contributed by atoms with E-state index < -0.39 is 64.6 Å². The molecule has 0 amide bonds. The largest absolute Gasteiger partial charge is 0.507 e. The Morgan fingerprint density at radius 1 is 1.26 bits per heavy atom. The highest BCUT2D eigenvalue weighted by Gasteiger charge is 2.66. The third kappa shape index (κ3) is 4.70. The van der Waals surface area contributed by atoms with Crippen molar-refractivity contribution in [3.05, 3.63) is 17.2 Å². The summed E-state index contributed by atoms with van der Waals surface area (Å²) in [6, 6.07) is 1.35. The van der Waals surface area contributed by atoms with Gasteiger partial charge in [0.1, 0.15) is 23.0 Å². The summed E-state index contributed by atoms with van der Waals surface area (Å²) >= 11 is 0. The fourth-order valence-corrected chi connectivity index (χ4v) is 7.20. The minimum atomic E-state index is -1.17. The molecule has 0 spiro atoms. The van der Waals surface area contributed by atoms with E-state index in [1.807, 2.05) is 13.8 Å². The number of hydrogen-bond donors (Lipinski definition) is 4. The first-order chi connectivity index (χ1) is 18.0. The van der Waals surface area contributed by atoms with Crippen molar-refractivity contribution < 1.29 is 44.2 Å². The number of aromatic hydroxyl groups is 2. The van der Waals surface area contributed by atoms with Crippen LogP contribution < -0.4 is 4.74 Å². The van der Waals surface area contributed by atoms with Crippen LogP contribution in [0.25, 0.3) is 0 Å². The summed E-state index contributed by atoms with van der Waals surface area (Å²) in [6.07, 6.45) is -0.901. The molecule has 0 radical (unpaired) electrons. The minimum Gasteiger partial charge on any atom is -0.507 e. The van der Waals surface area contributed by atoms with Crippen molar-refractivity contribution in [3.8, 4) is 17.2 Å². The zero-order valence-corrected chi connectivity index (χ0v) is 24.3. The topological polar surface area (TPSA) is 143 Å². The molecule has 2 heterocycles. The lowest BCUT2D eigenvalue weighted by Gasteiger charge is -2.61. The molecule has 4 N–H and O–H groups in total. The number of carbonyl (C=O) groups excluding carboxylic acids is 2. The Morgan fingerprint density at radius 2 is 1.90 bits per heavy atom. The molecule has 39 heavy (non-hydrogen) atoms. The first-order valence-corrected chi connectivity index (χ1v) is 14.0. The SMILES string of the molecule is CC[C@@H](C)[C@@H](OC(C)=O)[C@@H](C)c1cc(O)c2c(c1O)O[C@]1(C)CC[C@H]3O[C@@H](C(C)(C)O)C[C@H](O)[C@]3(C)[C@H]1C2=O. The lowest BCUT2D eigenvalue weighted by Crippen LogP contribution is -2.69. The maximum Gasteiger partial charge on any atom is 0.302 e. The second-order valence-corrected chi connectivity index (χ2v) is 12.9. The van der Waals surface area contributed by atoms with Crippen molar-refractivity contribution >= 4 is 11.8 Å². The van der Waals surface area contributed by atoms with Gasteiger partial charge >= 0.3 is 5.97 Å². The molecule has 0 bridgehead atoms. The van der Waals surface area contributed by atoms with E-state index in [1.165, 1.54) is 13.0 Å². The van der Waals surface area contributed by atoms with Crippen molar-refractivity contribution in [1.82, 2.24) is 0 Å². The number of aliphatic hydroxyl groups excluding tert-OH is 1. The molecule has 1 aliphatic carbocycles. The highest BCUT2D eigenvalue weighted by molar-refractivity contribution is 6.06. The smallest absolute Gasteiger partial charge is 0.302 e. The van der Waals surface area contributed by atoms with Gasteiger partial charge in [0, 0.05) is 30.2 Å². The van der Waals surface area contributed by atoms with Crippen LogP contribution in [-0.4, -0.2) is 67.8 Å². The van der Waals surface area contributed by atoms with E-state index in [0.29, 0.717) is 18.4 Å². The molecule has 2 fully saturated rings. The van der Waals surface area contributed by atoms with Crippen molar-refractivity contribution in [2.45, 2.75) is 123 Å². The van der Waals surface area contributed by atoms with Crippen LogP contribution >= 0.6 is 0 Å². The van der Waals surface area contributed by atoms with E-state index in [4.69, 9.17) is 14.2 Å². The fourth-order valence-electron chi connectivity index (χ4n) is 7.20. The maximum absolute atomic E-state index is 14.2. The van der Waals surface area contributed by atoms with Crippen molar-refractivity contribution in [3.63, 3.8) is 0 Å². The Hall–Kier alpha value is -2.36. The monoisotopic (exact) mass is 548 g/mol. The lowest BCUT2D eigenvalue weighted by molar-refractivity contribution is -0.263. The molecule has 3 aliphatic rings. The Kier molecular flexibility index (Phi) is 7.54. The number of rotatable bonds is 6. The average molecular weight is 549 g/mol. The predicted molar refractivity (Wildman–Crippen MR) is 143 cm³/mol. The summed E-state index contributed by atoms with van der Waals surface area (Å²) in [5, 5.41) is 44.6. The molecule has 4 rings (SSSR count). The number of hydrogen-bond acceptors (Lipinski definition) is 9. The number of ketones is 1. The number of carbonyl (C=O) groups is 2. The molecule has 2 aliphatic heterocycles. The summed E-state index contributed by atoms with van der Waals surface area (Å²) in [7, 11) is 0. The number of benzene rings is 1. The summed E-state index contributed by atoms with van der Waals surface area (Å²) in [6.45, 7) is 13.9. The van der Waals surface area contributed by atoms with Gasteiger partial charge < -0.3 is 34.6 Å². The summed E-state index contributed by atoms with van der Waals surface area (Å²) in [4.78, 5) is 26.0. The zero-order valence-electron chi connectivity index (χ0n) is 24.3. The van der Waals surface area contributed by atoms with Crippen LogP contribution in [0, 0.1) is 17.3 Å². The van der Waals surface area contributed by atoms with Crippen LogP contribution in [0.15, 0.2) is 6.07 Å².